The topological polar surface area (TPSA) is 61.8 Å². The third kappa shape index (κ3) is 3.82. The maximum absolute atomic E-state index is 12.4. The number of hydrogen-bond donors (Lipinski definition) is 0. The van der Waals surface area contributed by atoms with E-state index in [1.165, 1.54) is 14.0 Å². The van der Waals surface area contributed by atoms with Gasteiger partial charge in [-0.25, -0.2) is 4.79 Å². The first-order chi connectivity index (χ1) is 12.2. The molecule has 140 valence electrons. The molecule has 0 fully saturated rings. The highest BCUT2D eigenvalue weighted by molar-refractivity contribution is 5.91. The van der Waals surface area contributed by atoms with E-state index in [9.17, 15) is 9.59 Å². The molecular formula is C21H26O5. The van der Waals surface area contributed by atoms with E-state index in [1.807, 2.05) is 39.0 Å². The SMILES string of the molecule is COC(=O)C1=C(OC(C)=O)[C@](C)(CC=C(C)C)c2ccc(OC)cc2C1. The van der Waals surface area contributed by atoms with E-state index in [4.69, 9.17) is 14.2 Å². The fourth-order valence-corrected chi connectivity index (χ4v) is 3.32. The van der Waals surface area contributed by atoms with E-state index in [0.717, 1.165) is 16.7 Å². The van der Waals surface area contributed by atoms with Gasteiger partial charge in [0.25, 0.3) is 0 Å². The smallest absolute Gasteiger partial charge is 0.337 e. The number of benzene rings is 1. The van der Waals surface area contributed by atoms with Crippen LogP contribution in [0.4, 0.5) is 0 Å². The molecule has 1 atom stereocenters. The summed E-state index contributed by atoms with van der Waals surface area (Å²) in [5.74, 6) is 0.139. The molecule has 1 aliphatic rings. The van der Waals surface area contributed by atoms with Gasteiger partial charge in [-0.3, -0.25) is 4.79 Å². The molecule has 0 heterocycles. The zero-order chi connectivity index (χ0) is 19.5. The number of rotatable bonds is 5. The van der Waals surface area contributed by atoms with Crippen molar-refractivity contribution in [3.63, 3.8) is 0 Å². The lowest BCUT2D eigenvalue weighted by atomic mass is 9.69. The number of allylic oxidation sites excluding steroid dienone is 3. The average molecular weight is 358 g/mol. The van der Waals surface area contributed by atoms with Crippen molar-refractivity contribution < 1.29 is 23.8 Å². The minimum Gasteiger partial charge on any atom is -0.497 e. The van der Waals surface area contributed by atoms with Crippen LogP contribution >= 0.6 is 0 Å². The second-order valence-electron chi connectivity index (χ2n) is 6.91. The molecule has 1 aromatic carbocycles. The van der Waals surface area contributed by atoms with E-state index in [2.05, 4.69) is 6.08 Å². The zero-order valence-corrected chi connectivity index (χ0v) is 16.3. The molecule has 0 N–H and O–H groups in total. The maximum Gasteiger partial charge on any atom is 0.337 e. The zero-order valence-electron chi connectivity index (χ0n) is 16.3. The molecule has 0 saturated heterocycles. The Morgan fingerprint density at radius 2 is 1.88 bits per heavy atom. The van der Waals surface area contributed by atoms with Crippen LogP contribution in [0.2, 0.25) is 0 Å². The number of fused-ring (bicyclic) bond motifs is 1. The van der Waals surface area contributed by atoms with Gasteiger partial charge in [-0.05, 0) is 50.5 Å². The van der Waals surface area contributed by atoms with Crippen LogP contribution in [0.25, 0.3) is 0 Å². The van der Waals surface area contributed by atoms with Gasteiger partial charge < -0.3 is 14.2 Å². The Hall–Kier alpha value is -2.56. The molecule has 0 saturated carbocycles. The van der Waals surface area contributed by atoms with Gasteiger partial charge >= 0.3 is 11.9 Å². The molecule has 0 radical (unpaired) electrons. The Labute approximate surface area is 154 Å². The first-order valence-electron chi connectivity index (χ1n) is 8.54. The number of carbonyl (C=O) groups excluding carboxylic acids is 2. The predicted octanol–water partition coefficient (Wildman–Crippen LogP) is 3.86. The Bertz CT molecular complexity index is 784. The van der Waals surface area contributed by atoms with Gasteiger partial charge in [0.2, 0.25) is 0 Å². The minimum absolute atomic E-state index is 0.326. The van der Waals surface area contributed by atoms with Gasteiger partial charge in [-0.15, -0.1) is 0 Å². The first kappa shape index (κ1) is 19.8. The predicted molar refractivity (Wildman–Crippen MR) is 98.9 cm³/mol. The second-order valence-corrected chi connectivity index (χ2v) is 6.91. The summed E-state index contributed by atoms with van der Waals surface area (Å²) in [6.45, 7) is 7.35. The highest BCUT2D eigenvalue weighted by atomic mass is 16.5. The summed E-state index contributed by atoms with van der Waals surface area (Å²) < 4.78 is 15.9. The molecule has 5 heteroatoms. The minimum atomic E-state index is -0.660. The average Bonchev–Trinajstić information content (AvgIpc) is 2.60. The van der Waals surface area contributed by atoms with Crippen LogP contribution in [0.5, 0.6) is 5.75 Å². The van der Waals surface area contributed by atoms with Crippen LogP contribution in [-0.4, -0.2) is 26.2 Å². The first-order valence-corrected chi connectivity index (χ1v) is 8.54. The highest BCUT2D eigenvalue weighted by Crippen LogP contribution is 2.45. The Morgan fingerprint density at radius 1 is 1.19 bits per heavy atom. The molecule has 1 aromatic rings. The molecular weight excluding hydrogens is 332 g/mol. The summed E-state index contributed by atoms with van der Waals surface area (Å²) in [5, 5.41) is 0. The highest BCUT2D eigenvalue weighted by Gasteiger charge is 2.42. The summed E-state index contributed by atoms with van der Waals surface area (Å²) in [7, 11) is 2.93. The van der Waals surface area contributed by atoms with Crippen LogP contribution in [0.15, 0.2) is 41.2 Å². The van der Waals surface area contributed by atoms with Gasteiger partial charge in [0, 0.05) is 13.3 Å². The molecule has 0 unspecified atom stereocenters. The molecule has 2 rings (SSSR count). The largest absolute Gasteiger partial charge is 0.497 e. The van der Waals surface area contributed by atoms with Crippen molar-refractivity contribution >= 4 is 11.9 Å². The summed E-state index contributed by atoms with van der Waals surface area (Å²) in [4.78, 5) is 24.2. The maximum atomic E-state index is 12.4. The van der Waals surface area contributed by atoms with Crippen LogP contribution in [0.1, 0.15) is 45.2 Å². The second kappa shape index (κ2) is 7.77. The van der Waals surface area contributed by atoms with Crippen LogP contribution in [0.3, 0.4) is 0 Å². The van der Waals surface area contributed by atoms with Crippen LogP contribution in [0, 0.1) is 0 Å². The van der Waals surface area contributed by atoms with E-state index in [0.29, 0.717) is 29.9 Å². The van der Waals surface area contributed by atoms with Crippen molar-refractivity contribution in [1.29, 1.82) is 0 Å². The summed E-state index contributed by atoms with van der Waals surface area (Å²) in [6.07, 6.45) is 3.00. The standard InChI is InChI=1S/C21H26O5/c1-13(2)9-10-21(4)18-8-7-16(24-5)11-15(18)12-17(20(23)25-6)19(21)26-14(3)22/h7-9,11H,10,12H2,1-6H3/t21-/m1/s1. The monoisotopic (exact) mass is 358 g/mol. The van der Waals surface area contributed by atoms with Crippen molar-refractivity contribution in [3.8, 4) is 5.75 Å². The van der Waals surface area contributed by atoms with Crippen molar-refractivity contribution in [1.82, 2.24) is 0 Å². The lowest BCUT2D eigenvalue weighted by molar-refractivity contribution is -0.139. The molecule has 0 aliphatic heterocycles. The molecule has 0 bridgehead atoms. The lowest BCUT2D eigenvalue weighted by Crippen LogP contribution is -2.35. The van der Waals surface area contributed by atoms with Crippen molar-refractivity contribution in [3.05, 3.63) is 52.3 Å². The number of hydrogen-bond acceptors (Lipinski definition) is 5. The van der Waals surface area contributed by atoms with Crippen molar-refractivity contribution in [2.45, 2.75) is 46.0 Å². The quantitative estimate of drug-likeness (QED) is 0.591. The fraction of sp³-hybridized carbons (Fsp3) is 0.429. The molecule has 0 amide bonds. The lowest BCUT2D eigenvalue weighted by Gasteiger charge is -2.37. The van der Waals surface area contributed by atoms with E-state index in [1.54, 1.807) is 7.11 Å². The normalized spacial score (nSPS) is 18.7. The molecule has 0 aromatic heterocycles. The van der Waals surface area contributed by atoms with Gasteiger partial charge in [0.1, 0.15) is 11.5 Å². The van der Waals surface area contributed by atoms with Gasteiger partial charge in [-0.1, -0.05) is 17.7 Å². The van der Waals surface area contributed by atoms with Crippen molar-refractivity contribution in [2.75, 3.05) is 14.2 Å². The van der Waals surface area contributed by atoms with Crippen LogP contribution < -0.4 is 4.74 Å². The number of esters is 2. The Kier molecular flexibility index (Phi) is 5.90. The summed E-state index contributed by atoms with van der Waals surface area (Å²) >= 11 is 0. The van der Waals surface area contributed by atoms with E-state index in [-0.39, 0.29) is 0 Å². The van der Waals surface area contributed by atoms with Crippen molar-refractivity contribution in [2.24, 2.45) is 0 Å². The Balaban J connectivity index is 2.73. The van der Waals surface area contributed by atoms with Gasteiger partial charge in [0.05, 0.1) is 25.2 Å². The molecule has 5 nitrogen and oxygen atoms in total. The summed E-state index contributed by atoms with van der Waals surface area (Å²) in [5.41, 5.74) is 2.83. The van der Waals surface area contributed by atoms with Gasteiger partial charge in [-0.2, -0.15) is 0 Å². The molecule has 0 spiro atoms. The summed E-state index contributed by atoms with van der Waals surface area (Å²) in [6, 6.07) is 5.78. The third-order valence-corrected chi connectivity index (χ3v) is 4.65. The third-order valence-electron chi connectivity index (χ3n) is 4.65. The fourth-order valence-electron chi connectivity index (χ4n) is 3.32. The van der Waals surface area contributed by atoms with E-state index >= 15 is 0 Å². The molecule has 26 heavy (non-hydrogen) atoms. The van der Waals surface area contributed by atoms with Gasteiger partial charge in [0.15, 0.2) is 0 Å². The Morgan fingerprint density at radius 3 is 2.42 bits per heavy atom. The number of methoxy groups -OCH3 is 2. The number of ether oxygens (including phenoxy) is 3. The van der Waals surface area contributed by atoms with Crippen LogP contribution in [-0.2, 0) is 30.9 Å². The van der Waals surface area contributed by atoms with E-state index < -0.39 is 17.4 Å². The number of carbonyl (C=O) groups is 2. The molecule has 1 aliphatic carbocycles.